The largest absolute Gasteiger partial charge is 0.382 e. The molecule has 1 unspecified atom stereocenters. The molecule has 0 saturated heterocycles. The van der Waals surface area contributed by atoms with Gasteiger partial charge in [0.1, 0.15) is 6.17 Å². The van der Waals surface area contributed by atoms with Crippen molar-refractivity contribution in [3.63, 3.8) is 0 Å². The van der Waals surface area contributed by atoms with E-state index in [4.69, 9.17) is 0 Å². The summed E-state index contributed by atoms with van der Waals surface area (Å²) in [5.74, 6) is 0. The molecule has 0 saturated carbocycles. The zero-order valence-corrected chi connectivity index (χ0v) is 7.77. The van der Waals surface area contributed by atoms with E-state index in [2.05, 4.69) is 5.32 Å². The molecular formula is C9H13ClFN. The highest BCUT2D eigenvalue weighted by Crippen LogP contribution is 2.04. The van der Waals surface area contributed by atoms with E-state index >= 15 is 0 Å². The smallest absolute Gasteiger partial charge is 0.114 e. The lowest BCUT2D eigenvalue weighted by Crippen LogP contribution is -2.10. The van der Waals surface area contributed by atoms with Crippen molar-refractivity contribution in [1.82, 2.24) is 0 Å². The molecule has 0 aromatic heterocycles. The average Bonchev–Trinajstić information content (AvgIpc) is 2.03. The first-order valence-corrected chi connectivity index (χ1v) is 3.72. The first kappa shape index (κ1) is 11.2. The first-order chi connectivity index (χ1) is 5.29. The van der Waals surface area contributed by atoms with Crippen molar-refractivity contribution >= 4 is 18.1 Å². The predicted molar refractivity (Wildman–Crippen MR) is 52.7 cm³/mol. The third-order valence-corrected chi connectivity index (χ3v) is 1.36. The van der Waals surface area contributed by atoms with Crippen LogP contribution in [-0.2, 0) is 0 Å². The second-order valence-corrected chi connectivity index (χ2v) is 2.53. The van der Waals surface area contributed by atoms with E-state index in [0.717, 1.165) is 5.69 Å². The van der Waals surface area contributed by atoms with Crippen LogP contribution in [0.15, 0.2) is 30.3 Å². The van der Waals surface area contributed by atoms with Crippen molar-refractivity contribution in [2.24, 2.45) is 0 Å². The fourth-order valence-electron chi connectivity index (χ4n) is 0.814. The molecule has 0 fully saturated rings. The average molecular weight is 190 g/mol. The highest BCUT2D eigenvalue weighted by atomic mass is 35.5. The fourth-order valence-corrected chi connectivity index (χ4v) is 0.814. The van der Waals surface area contributed by atoms with Crippen molar-refractivity contribution in [2.45, 2.75) is 13.1 Å². The molecule has 0 aliphatic rings. The Labute approximate surface area is 78.4 Å². The number of rotatable bonds is 3. The summed E-state index contributed by atoms with van der Waals surface area (Å²) >= 11 is 0. The van der Waals surface area contributed by atoms with Crippen LogP contribution >= 0.6 is 12.4 Å². The maximum atomic E-state index is 12.3. The Morgan fingerprint density at radius 1 is 1.33 bits per heavy atom. The van der Waals surface area contributed by atoms with E-state index in [1.165, 1.54) is 6.92 Å². The Morgan fingerprint density at radius 3 is 2.42 bits per heavy atom. The molecule has 0 aliphatic heterocycles. The second kappa shape index (κ2) is 5.84. The molecule has 0 heterocycles. The van der Waals surface area contributed by atoms with Gasteiger partial charge in [0.15, 0.2) is 0 Å². The minimum absolute atomic E-state index is 0. The number of nitrogens with one attached hydrogen (secondary N) is 1. The van der Waals surface area contributed by atoms with Gasteiger partial charge in [-0.25, -0.2) is 4.39 Å². The van der Waals surface area contributed by atoms with Crippen LogP contribution in [0.3, 0.4) is 0 Å². The SMILES string of the molecule is CC(F)CNc1ccccc1.Cl. The molecule has 1 aromatic carbocycles. The number of hydrogen-bond acceptors (Lipinski definition) is 1. The maximum absolute atomic E-state index is 12.3. The van der Waals surface area contributed by atoms with Gasteiger partial charge in [-0.05, 0) is 19.1 Å². The lowest BCUT2D eigenvalue weighted by Gasteiger charge is -2.05. The fraction of sp³-hybridized carbons (Fsp3) is 0.333. The maximum Gasteiger partial charge on any atom is 0.114 e. The van der Waals surface area contributed by atoms with Crippen molar-refractivity contribution in [2.75, 3.05) is 11.9 Å². The van der Waals surface area contributed by atoms with Crippen LogP contribution in [-0.4, -0.2) is 12.7 Å². The molecule has 68 valence electrons. The highest BCUT2D eigenvalue weighted by Gasteiger charge is 1.95. The number of para-hydroxylation sites is 1. The second-order valence-electron chi connectivity index (χ2n) is 2.53. The molecule has 0 bridgehead atoms. The van der Waals surface area contributed by atoms with Gasteiger partial charge in [0, 0.05) is 12.2 Å². The van der Waals surface area contributed by atoms with Crippen LogP contribution in [0.4, 0.5) is 10.1 Å². The lowest BCUT2D eigenvalue weighted by atomic mass is 10.3. The van der Waals surface area contributed by atoms with Gasteiger partial charge >= 0.3 is 0 Å². The van der Waals surface area contributed by atoms with Gasteiger partial charge in [-0.3, -0.25) is 0 Å². The molecule has 1 nitrogen and oxygen atoms in total. The molecule has 3 heteroatoms. The van der Waals surface area contributed by atoms with Gasteiger partial charge < -0.3 is 5.32 Å². The summed E-state index contributed by atoms with van der Waals surface area (Å²) in [6, 6.07) is 9.62. The van der Waals surface area contributed by atoms with E-state index < -0.39 is 6.17 Å². The summed E-state index contributed by atoms with van der Waals surface area (Å²) in [5, 5.41) is 2.97. The zero-order valence-electron chi connectivity index (χ0n) is 6.96. The molecular weight excluding hydrogens is 177 g/mol. The molecule has 1 N–H and O–H groups in total. The third-order valence-electron chi connectivity index (χ3n) is 1.36. The van der Waals surface area contributed by atoms with E-state index in [0.29, 0.717) is 6.54 Å². The lowest BCUT2D eigenvalue weighted by molar-refractivity contribution is 0.378. The number of anilines is 1. The van der Waals surface area contributed by atoms with Crippen LogP contribution in [0.1, 0.15) is 6.92 Å². The summed E-state index contributed by atoms with van der Waals surface area (Å²) in [4.78, 5) is 0. The molecule has 12 heavy (non-hydrogen) atoms. The summed E-state index contributed by atoms with van der Waals surface area (Å²) in [7, 11) is 0. The topological polar surface area (TPSA) is 12.0 Å². The van der Waals surface area contributed by atoms with E-state index in [1.54, 1.807) is 0 Å². The Balaban J connectivity index is 0.00000121. The van der Waals surface area contributed by atoms with Crippen LogP contribution < -0.4 is 5.32 Å². The Hall–Kier alpha value is -0.760. The Bertz CT molecular complexity index is 201. The monoisotopic (exact) mass is 189 g/mol. The number of halogens is 2. The zero-order chi connectivity index (χ0) is 8.10. The Morgan fingerprint density at radius 2 is 1.92 bits per heavy atom. The number of alkyl halides is 1. The molecule has 0 radical (unpaired) electrons. The minimum Gasteiger partial charge on any atom is -0.382 e. The highest BCUT2D eigenvalue weighted by molar-refractivity contribution is 5.85. The standard InChI is InChI=1S/C9H12FN.ClH/c1-8(10)7-11-9-5-3-2-4-6-9;/h2-6,8,11H,7H2,1H3;1H. The minimum atomic E-state index is -0.796. The van der Waals surface area contributed by atoms with Gasteiger partial charge in [-0.1, -0.05) is 18.2 Å². The summed E-state index contributed by atoms with van der Waals surface area (Å²) in [5.41, 5.74) is 0.969. The quantitative estimate of drug-likeness (QED) is 0.771. The number of benzene rings is 1. The van der Waals surface area contributed by atoms with E-state index in [9.17, 15) is 4.39 Å². The van der Waals surface area contributed by atoms with E-state index in [-0.39, 0.29) is 12.4 Å². The molecule has 0 amide bonds. The van der Waals surface area contributed by atoms with Crippen LogP contribution in [0.2, 0.25) is 0 Å². The van der Waals surface area contributed by atoms with Gasteiger partial charge in [-0.2, -0.15) is 0 Å². The van der Waals surface area contributed by atoms with Gasteiger partial charge in [0.05, 0.1) is 0 Å². The first-order valence-electron chi connectivity index (χ1n) is 3.72. The van der Waals surface area contributed by atoms with Crippen LogP contribution in [0.25, 0.3) is 0 Å². The van der Waals surface area contributed by atoms with Gasteiger partial charge in [-0.15, -0.1) is 12.4 Å². The van der Waals surface area contributed by atoms with Crippen molar-refractivity contribution in [3.05, 3.63) is 30.3 Å². The third kappa shape index (κ3) is 4.19. The molecule has 0 spiro atoms. The van der Waals surface area contributed by atoms with Crippen molar-refractivity contribution in [1.29, 1.82) is 0 Å². The summed E-state index contributed by atoms with van der Waals surface area (Å²) in [6.07, 6.45) is -0.796. The normalized spacial score (nSPS) is 11.5. The molecule has 1 atom stereocenters. The van der Waals surface area contributed by atoms with Crippen molar-refractivity contribution in [3.8, 4) is 0 Å². The van der Waals surface area contributed by atoms with Crippen LogP contribution in [0, 0.1) is 0 Å². The van der Waals surface area contributed by atoms with Crippen molar-refractivity contribution < 1.29 is 4.39 Å². The molecule has 1 aromatic rings. The summed E-state index contributed by atoms with van der Waals surface area (Å²) in [6.45, 7) is 1.92. The van der Waals surface area contributed by atoms with Gasteiger partial charge in [0.25, 0.3) is 0 Å². The number of hydrogen-bond donors (Lipinski definition) is 1. The van der Waals surface area contributed by atoms with Crippen LogP contribution in [0.5, 0.6) is 0 Å². The van der Waals surface area contributed by atoms with E-state index in [1.807, 2.05) is 30.3 Å². The Kier molecular flexibility index (Phi) is 5.47. The summed E-state index contributed by atoms with van der Waals surface area (Å²) < 4.78 is 12.3. The molecule has 1 rings (SSSR count). The molecule has 0 aliphatic carbocycles. The van der Waals surface area contributed by atoms with Gasteiger partial charge in [0.2, 0.25) is 0 Å². The predicted octanol–water partition coefficient (Wildman–Crippen LogP) is 2.88.